The number of nitrogens with one attached hydrogen (secondary N) is 2. The molecule has 0 aliphatic carbocycles. The van der Waals surface area contributed by atoms with Crippen molar-refractivity contribution in [1.29, 1.82) is 5.41 Å². The highest BCUT2D eigenvalue weighted by atomic mass is 32.1. The number of benzene rings is 2. The van der Waals surface area contributed by atoms with Gasteiger partial charge < -0.3 is 20.9 Å². The van der Waals surface area contributed by atoms with Crippen LogP contribution in [0.3, 0.4) is 0 Å². The number of carbonyl (C=O) groups excluding carboxylic acids is 1. The van der Waals surface area contributed by atoms with Gasteiger partial charge in [-0.3, -0.25) is 4.79 Å². The number of nitrogens with zero attached hydrogens (tertiary/aromatic N) is 1. The molecule has 27 heavy (non-hydrogen) atoms. The second kappa shape index (κ2) is 7.05. The number of rotatable bonds is 5. The molecule has 0 atom stereocenters. The Kier molecular flexibility index (Phi) is 4.43. The van der Waals surface area contributed by atoms with Crippen LogP contribution in [-0.2, 0) is 6.54 Å². The number of hydrogen-bond acceptors (Lipinski definition) is 6. The predicted molar refractivity (Wildman–Crippen MR) is 107 cm³/mol. The van der Waals surface area contributed by atoms with Crippen LogP contribution in [0.5, 0.6) is 0 Å². The average molecular weight is 376 g/mol. The van der Waals surface area contributed by atoms with Gasteiger partial charge in [-0.1, -0.05) is 18.2 Å². The minimum absolute atomic E-state index is 0.189. The monoisotopic (exact) mass is 376 g/mol. The molecule has 0 aliphatic rings. The second-order valence-electron chi connectivity index (χ2n) is 5.93. The third-order valence-corrected chi connectivity index (χ3v) is 5.35. The van der Waals surface area contributed by atoms with Crippen molar-refractivity contribution >= 4 is 39.2 Å². The van der Waals surface area contributed by atoms with E-state index in [0.29, 0.717) is 22.7 Å². The van der Waals surface area contributed by atoms with Gasteiger partial charge in [0.2, 0.25) is 5.89 Å². The molecule has 0 saturated heterocycles. The summed E-state index contributed by atoms with van der Waals surface area (Å²) in [6.45, 7) is 0.189. The summed E-state index contributed by atoms with van der Waals surface area (Å²) in [5.74, 6) is 0.148. The van der Waals surface area contributed by atoms with Crippen molar-refractivity contribution in [2.75, 3.05) is 5.73 Å². The maximum absolute atomic E-state index is 12.6. The molecule has 0 fully saturated rings. The van der Waals surface area contributed by atoms with Crippen molar-refractivity contribution in [3.8, 4) is 10.4 Å². The summed E-state index contributed by atoms with van der Waals surface area (Å²) in [5.41, 5.74) is 8.44. The summed E-state index contributed by atoms with van der Waals surface area (Å²) in [6.07, 6.45) is 4.14. The molecule has 7 heteroatoms. The van der Waals surface area contributed by atoms with Gasteiger partial charge in [0.25, 0.3) is 5.91 Å². The number of nitrogen functional groups attached to an aromatic ring is 1. The van der Waals surface area contributed by atoms with Crippen LogP contribution < -0.4 is 11.1 Å². The quantitative estimate of drug-likeness (QED) is 0.361. The fraction of sp³-hybridized carbons (Fsp3) is 0.0500. The van der Waals surface area contributed by atoms with Gasteiger partial charge in [-0.2, -0.15) is 0 Å². The van der Waals surface area contributed by atoms with Crippen LogP contribution in [0.1, 0.15) is 21.8 Å². The van der Waals surface area contributed by atoms with E-state index < -0.39 is 0 Å². The van der Waals surface area contributed by atoms with Crippen LogP contribution in [0.4, 0.5) is 5.69 Å². The van der Waals surface area contributed by atoms with Gasteiger partial charge in [-0.05, 0) is 29.7 Å². The van der Waals surface area contributed by atoms with E-state index in [1.54, 1.807) is 23.5 Å². The number of thiophene rings is 1. The molecule has 4 aromatic rings. The van der Waals surface area contributed by atoms with Gasteiger partial charge in [0.15, 0.2) is 0 Å². The molecular weight excluding hydrogens is 360 g/mol. The number of hydrogen-bond donors (Lipinski definition) is 3. The lowest BCUT2D eigenvalue weighted by Crippen LogP contribution is -2.23. The molecule has 2 heterocycles. The van der Waals surface area contributed by atoms with Gasteiger partial charge in [-0.25, -0.2) is 4.98 Å². The van der Waals surface area contributed by atoms with Crippen LogP contribution in [0.15, 0.2) is 59.3 Å². The minimum atomic E-state index is -0.279. The van der Waals surface area contributed by atoms with Crippen molar-refractivity contribution < 1.29 is 9.21 Å². The van der Waals surface area contributed by atoms with E-state index in [1.807, 2.05) is 30.3 Å². The predicted octanol–water partition coefficient (Wildman–Crippen LogP) is 4.07. The molecule has 0 bridgehead atoms. The zero-order chi connectivity index (χ0) is 18.8. The van der Waals surface area contributed by atoms with Gasteiger partial charge in [0.05, 0.1) is 12.7 Å². The summed E-state index contributed by atoms with van der Waals surface area (Å²) < 4.78 is 6.27. The largest absolute Gasteiger partial charge is 0.447 e. The number of aromatic nitrogens is 1. The van der Waals surface area contributed by atoms with Gasteiger partial charge in [0, 0.05) is 38.2 Å². The number of oxazole rings is 1. The van der Waals surface area contributed by atoms with Crippen molar-refractivity contribution in [3.05, 3.63) is 71.9 Å². The molecule has 0 unspecified atom stereocenters. The van der Waals surface area contributed by atoms with Crippen molar-refractivity contribution in [2.45, 2.75) is 6.54 Å². The lowest BCUT2D eigenvalue weighted by Gasteiger charge is -2.11. The Morgan fingerprint density at radius 2 is 2.15 bits per heavy atom. The van der Waals surface area contributed by atoms with Crippen molar-refractivity contribution in [2.24, 2.45) is 0 Å². The van der Waals surface area contributed by atoms with Crippen LogP contribution in [-0.4, -0.2) is 17.1 Å². The van der Waals surface area contributed by atoms with Crippen LogP contribution in [0.2, 0.25) is 0 Å². The molecule has 4 N–H and O–H groups in total. The molecule has 0 saturated carbocycles. The summed E-state index contributed by atoms with van der Waals surface area (Å²) >= 11 is 1.60. The molecule has 0 radical (unpaired) electrons. The number of nitrogens with two attached hydrogens (primary N) is 1. The van der Waals surface area contributed by atoms with E-state index >= 15 is 0 Å². The first kappa shape index (κ1) is 17.0. The molecule has 2 aromatic carbocycles. The first-order chi connectivity index (χ1) is 13.2. The number of anilines is 1. The van der Waals surface area contributed by atoms with Crippen LogP contribution >= 0.6 is 11.3 Å². The SMILES string of the molecule is N=Cc1cc(C(=O)NCc2ncco2)cc(-c2cc3ccccc3s2)c1N. The Hall–Kier alpha value is -3.45. The highest BCUT2D eigenvalue weighted by molar-refractivity contribution is 7.22. The number of fused-ring (bicyclic) bond motifs is 1. The van der Waals surface area contributed by atoms with E-state index in [1.165, 1.54) is 12.5 Å². The smallest absolute Gasteiger partial charge is 0.251 e. The fourth-order valence-electron chi connectivity index (χ4n) is 2.84. The van der Waals surface area contributed by atoms with Gasteiger partial charge in [-0.15, -0.1) is 11.3 Å². The van der Waals surface area contributed by atoms with Gasteiger partial charge >= 0.3 is 0 Å². The summed E-state index contributed by atoms with van der Waals surface area (Å²) in [4.78, 5) is 17.5. The Bertz CT molecular complexity index is 1100. The molecule has 0 aliphatic heterocycles. The molecule has 0 spiro atoms. The van der Waals surface area contributed by atoms with Crippen molar-refractivity contribution in [1.82, 2.24) is 10.3 Å². The van der Waals surface area contributed by atoms with E-state index in [0.717, 1.165) is 26.7 Å². The lowest BCUT2D eigenvalue weighted by atomic mass is 10.0. The Balaban J connectivity index is 1.71. The number of amides is 1. The summed E-state index contributed by atoms with van der Waals surface area (Å²) in [5, 5.41) is 11.5. The maximum atomic E-state index is 12.6. The number of carbonyl (C=O) groups is 1. The van der Waals surface area contributed by atoms with E-state index in [4.69, 9.17) is 15.6 Å². The average Bonchev–Trinajstić information content (AvgIpc) is 3.35. The van der Waals surface area contributed by atoms with Gasteiger partial charge in [0.1, 0.15) is 6.26 Å². The molecule has 6 nitrogen and oxygen atoms in total. The summed E-state index contributed by atoms with van der Waals surface area (Å²) in [7, 11) is 0. The van der Waals surface area contributed by atoms with E-state index in [2.05, 4.69) is 10.3 Å². The van der Waals surface area contributed by atoms with Crippen molar-refractivity contribution in [3.63, 3.8) is 0 Å². The first-order valence-electron chi connectivity index (χ1n) is 8.25. The zero-order valence-corrected chi connectivity index (χ0v) is 15.0. The molecular formula is C20H16N4O2S. The van der Waals surface area contributed by atoms with E-state index in [9.17, 15) is 4.79 Å². The Morgan fingerprint density at radius 1 is 1.30 bits per heavy atom. The lowest BCUT2D eigenvalue weighted by molar-refractivity contribution is 0.0947. The molecule has 134 valence electrons. The van der Waals surface area contributed by atoms with Crippen LogP contribution in [0, 0.1) is 5.41 Å². The fourth-order valence-corrected chi connectivity index (χ4v) is 3.94. The second-order valence-corrected chi connectivity index (χ2v) is 7.01. The topological polar surface area (TPSA) is 105 Å². The zero-order valence-electron chi connectivity index (χ0n) is 14.2. The minimum Gasteiger partial charge on any atom is -0.447 e. The highest BCUT2D eigenvalue weighted by Gasteiger charge is 2.15. The highest BCUT2D eigenvalue weighted by Crippen LogP contribution is 2.37. The Morgan fingerprint density at radius 3 is 2.89 bits per heavy atom. The van der Waals surface area contributed by atoms with Crippen LogP contribution in [0.25, 0.3) is 20.5 Å². The molecule has 1 amide bonds. The summed E-state index contributed by atoms with van der Waals surface area (Å²) in [6, 6.07) is 13.5. The maximum Gasteiger partial charge on any atom is 0.251 e. The third-order valence-electron chi connectivity index (χ3n) is 4.20. The molecule has 2 aromatic heterocycles. The standard InChI is InChI=1S/C20H16N4O2S/c21-10-14-7-13(20(25)24-11-18-23-5-6-26-18)8-15(19(14)22)17-9-12-3-1-2-4-16(12)27-17/h1-10,21H,11,22H2,(H,24,25). The van der Waals surface area contributed by atoms with E-state index in [-0.39, 0.29) is 12.5 Å². The first-order valence-corrected chi connectivity index (χ1v) is 9.07. The molecule has 4 rings (SSSR count). The Labute approximate surface area is 159 Å². The third kappa shape index (κ3) is 3.32. The normalized spacial score (nSPS) is 10.8.